The highest BCUT2D eigenvalue weighted by Crippen LogP contribution is 2.42. The second-order valence-corrected chi connectivity index (χ2v) is 7.15. The van der Waals surface area contributed by atoms with Crippen LogP contribution in [0, 0.1) is 5.92 Å². The molecule has 1 saturated carbocycles. The van der Waals surface area contributed by atoms with Crippen LogP contribution in [-0.2, 0) is 19.1 Å². The minimum Gasteiger partial charge on any atom is -0.446 e. The van der Waals surface area contributed by atoms with Crippen molar-refractivity contribution in [3.05, 3.63) is 35.9 Å². The predicted octanol–water partition coefficient (Wildman–Crippen LogP) is 0.447. The molecule has 154 valence electrons. The number of ether oxygens (including phenoxy) is 1. The summed E-state index contributed by atoms with van der Waals surface area (Å²) in [6, 6.07) is 6.67. The number of nitrogens with one attached hydrogen (secondary N) is 3. The van der Waals surface area contributed by atoms with Gasteiger partial charge >= 0.3 is 18.0 Å². The highest BCUT2D eigenvalue weighted by atomic mass is 16.5. The molecular weight excluding hydrogens is 380 g/mol. The Balaban J connectivity index is 1.71. The van der Waals surface area contributed by atoms with Gasteiger partial charge in [-0.15, -0.1) is 0 Å². The van der Waals surface area contributed by atoms with Gasteiger partial charge in [-0.3, -0.25) is 24.6 Å². The molecule has 1 aromatic rings. The summed E-state index contributed by atoms with van der Waals surface area (Å²) in [6.07, 6.45) is 0.240. The van der Waals surface area contributed by atoms with Gasteiger partial charge in [0.25, 0.3) is 11.8 Å². The highest BCUT2D eigenvalue weighted by Gasteiger charge is 2.56. The molecule has 0 radical (unpaired) electrons. The van der Waals surface area contributed by atoms with Crippen molar-refractivity contribution in [2.24, 2.45) is 5.92 Å². The minimum absolute atomic E-state index is 0.0513. The number of benzene rings is 1. The summed E-state index contributed by atoms with van der Waals surface area (Å²) in [5.41, 5.74) is -0.686. The number of esters is 1. The molecule has 2 aliphatic rings. The van der Waals surface area contributed by atoms with E-state index in [9.17, 15) is 24.0 Å². The minimum atomic E-state index is -1.42. The summed E-state index contributed by atoms with van der Waals surface area (Å²) in [5.74, 6) is -2.25. The Morgan fingerprint density at radius 3 is 2.48 bits per heavy atom. The Hall–Kier alpha value is -3.43. The zero-order valence-corrected chi connectivity index (χ0v) is 16.1. The van der Waals surface area contributed by atoms with E-state index in [1.54, 1.807) is 37.3 Å². The standard InChI is InChI=1S/C19H22N4O6/c1-19(12-8-9-12)16(26)23(18(28)22-19)10-13(24)29-14(11-6-4-3-5-7-11)15(25)21-17(27)20-2/h3-7,12,14H,8-10H2,1-2H3,(H,22,28)(H2,20,21,25,27)/t14-,19-/m1/s1. The first kappa shape index (κ1) is 20.3. The first-order chi connectivity index (χ1) is 13.8. The lowest BCUT2D eigenvalue weighted by Crippen LogP contribution is -2.46. The fraction of sp³-hybridized carbons (Fsp3) is 0.421. The number of imide groups is 2. The van der Waals surface area contributed by atoms with Gasteiger partial charge in [-0.1, -0.05) is 30.3 Å². The van der Waals surface area contributed by atoms with Gasteiger partial charge in [0.15, 0.2) is 0 Å². The third-order valence-electron chi connectivity index (χ3n) is 5.04. The number of rotatable bonds is 6. The van der Waals surface area contributed by atoms with E-state index in [0.717, 1.165) is 17.7 Å². The van der Waals surface area contributed by atoms with E-state index in [2.05, 4.69) is 16.0 Å². The molecule has 0 bridgehead atoms. The molecule has 29 heavy (non-hydrogen) atoms. The molecule has 1 aliphatic carbocycles. The van der Waals surface area contributed by atoms with E-state index in [0.29, 0.717) is 5.56 Å². The van der Waals surface area contributed by atoms with Crippen LogP contribution in [-0.4, -0.2) is 53.9 Å². The van der Waals surface area contributed by atoms with Crippen LogP contribution in [0.2, 0.25) is 0 Å². The van der Waals surface area contributed by atoms with E-state index >= 15 is 0 Å². The molecule has 2 fully saturated rings. The van der Waals surface area contributed by atoms with Crippen LogP contribution in [0.5, 0.6) is 0 Å². The Bertz CT molecular complexity index is 854. The van der Waals surface area contributed by atoms with Gasteiger partial charge in [-0.25, -0.2) is 9.59 Å². The van der Waals surface area contributed by atoms with Gasteiger partial charge in [0, 0.05) is 12.6 Å². The first-order valence-electron chi connectivity index (χ1n) is 9.17. The quantitative estimate of drug-likeness (QED) is 0.467. The molecule has 1 heterocycles. The lowest BCUT2D eigenvalue weighted by atomic mass is 9.96. The summed E-state index contributed by atoms with van der Waals surface area (Å²) < 4.78 is 5.24. The van der Waals surface area contributed by atoms with E-state index in [-0.39, 0.29) is 5.92 Å². The second kappa shape index (κ2) is 7.90. The van der Waals surface area contributed by atoms with Crippen LogP contribution in [0.25, 0.3) is 0 Å². The molecule has 2 atom stereocenters. The topological polar surface area (TPSA) is 134 Å². The van der Waals surface area contributed by atoms with Crippen LogP contribution in [0.1, 0.15) is 31.4 Å². The summed E-state index contributed by atoms with van der Waals surface area (Å²) in [7, 11) is 1.33. The van der Waals surface area contributed by atoms with Gasteiger partial charge < -0.3 is 15.4 Å². The van der Waals surface area contributed by atoms with Gasteiger partial charge in [-0.2, -0.15) is 0 Å². The fourth-order valence-corrected chi connectivity index (χ4v) is 3.24. The Labute approximate surface area is 166 Å². The molecule has 6 amide bonds. The smallest absolute Gasteiger partial charge is 0.327 e. The van der Waals surface area contributed by atoms with Crippen LogP contribution in [0.15, 0.2) is 30.3 Å². The maximum Gasteiger partial charge on any atom is 0.327 e. The van der Waals surface area contributed by atoms with Crippen LogP contribution in [0.3, 0.4) is 0 Å². The van der Waals surface area contributed by atoms with Crippen molar-refractivity contribution < 1.29 is 28.7 Å². The fourth-order valence-electron chi connectivity index (χ4n) is 3.24. The van der Waals surface area contributed by atoms with Gasteiger partial charge in [0.1, 0.15) is 12.1 Å². The highest BCUT2D eigenvalue weighted by molar-refractivity contribution is 6.09. The van der Waals surface area contributed by atoms with Crippen molar-refractivity contribution >= 4 is 29.8 Å². The van der Waals surface area contributed by atoms with Crippen molar-refractivity contribution in [2.45, 2.75) is 31.4 Å². The van der Waals surface area contributed by atoms with Crippen LogP contribution < -0.4 is 16.0 Å². The van der Waals surface area contributed by atoms with Crippen LogP contribution >= 0.6 is 0 Å². The number of urea groups is 2. The number of hydrogen-bond acceptors (Lipinski definition) is 6. The third kappa shape index (κ3) is 4.20. The summed E-state index contributed by atoms with van der Waals surface area (Å²) >= 11 is 0. The molecule has 10 nitrogen and oxygen atoms in total. The first-order valence-corrected chi connectivity index (χ1v) is 9.17. The van der Waals surface area contributed by atoms with E-state index in [4.69, 9.17) is 4.74 Å². The predicted molar refractivity (Wildman–Crippen MR) is 99.2 cm³/mol. The van der Waals surface area contributed by atoms with Crippen LogP contribution in [0.4, 0.5) is 9.59 Å². The average Bonchev–Trinajstić information content (AvgIpc) is 3.52. The lowest BCUT2D eigenvalue weighted by Gasteiger charge is -2.21. The van der Waals surface area contributed by atoms with Crippen molar-refractivity contribution in [3.8, 4) is 0 Å². The van der Waals surface area contributed by atoms with Crippen molar-refractivity contribution in [3.63, 3.8) is 0 Å². The molecule has 0 aromatic heterocycles. The summed E-state index contributed by atoms with van der Waals surface area (Å²) in [5, 5.41) is 6.93. The van der Waals surface area contributed by atoms with E-state index in [1.807, 2.05) is 0 Å². The molecule has 0 spiro atoms. The maximum atomic E-state index is 12.6. The molecule has 10 heteroatoms. The molecule has 1 saturated heterocycles. The number of carbonyl (C=O) groups is 5. The molecular formula is C19H22N4O6. The molecule has 3 N–H and O–H groups in total. The van der Waals surface area contributed by atoms with Crippen molar-refractivity contribution in [2.75, 3.05) is 13.6 Å². The lowest BCUT2D eigenvalue weighted by molar-refractivity contribution is -0.158. The summed E-state index contributed by atoms with van der Waals surface area (Å²) in [4.78, 5) is 61.9. The van der Waals surface area contributed by atoms with Crippen molar-refractivity contribution in [1.29, 1.82) is 0 Å². The third-order valence-corrected chi connectivity index (χ3v) is 5.04. The van der Waals surface area contributed by atoms with E-state index < -0.39 is 48.0 Å². The maximum absolute atomic E-state index is 12.6. The summed E-state index contributed by atoms with van der Waals surface area (Å²) in [6.45, 7) is 1.00. The average molecular weight is 402 g/mol. The number of amides is 6. The number of nitrogens with zero attached hydrogens (tertiary/aromatic N) is 1. The molecule has 0 unspecified atom stereocenters. The Kier molecular flexibility index (Phi) is 5.53. The second-order valence-electron chi connectivity index (χ2n) is 7.15. The Morgan fingerprint density at radius 1 is 1.24 bits per heavy atom. The molecule has 1 aliphatic heterocycles. The SMILES string of the molecule is CNC(=O)NC(=O)[C@H](OC(=O)CN1C(=O)N[C@](C)(C2CC2)C1=O)c1ccccc1. The van der Waals surface area contributed by atoms with E-state index in [1.165, 1.54) is 7.05 Å². The zero-order chi connectivity index (χ0) is 21.2. The monoisotopic (exact) mass is 402 g/mol. The largest absolute Gasteiger partial charge is 0.446 e. The normalized spacial score (nSPS) is 21.9. The van der Waals surface area contributed by atoms with Gasteiger partial charge in [0.2, 0.25) is 6.10 Å². The van der Waals surface area contributed by atoms with Gasteiger partial charge in [-0.05, 0) is 25.7 Å². The zero-order valence-electron chi connectivity index (χ0n) is 16.1. The number of hydrogen-bond donors (Lipinski definition) is 3. The van der Waals surface area contributed by atoms with Crippen molar-refractivity contribution in [1.82, 2.24) is 20.9 Å². The van der Waals surface area contributed by atoms with Gasteiger partial charge in [0.05, 0.1) is 0 Å². The molecule has 1 aromatic carbocycles. The Morgan fingerprint density at radius 2 is 1.90 bits per heavy atom. The number of carbonyl (C=O) groups excluding carboxylic acids is 5. The molecule has 3 rings (SSSR count).